The fraction of sp³-hybridized carbons (Fsp3) is 0.550. The predicted octanol–water partition coefficient (Wildman–Crippen LogP) is 1.02. The van der Waals surface area contributed by atoms with Crippen molar-refractivity contribution < 1.29 is 37.1 Å². The molecule has 2 fully saturated rings. The summed E-state index contributed by atoms with van der Waals surface area (Å²) in [5.74, 6) is -0.303. The maximum absolute atomic E-state index is 13.5. The molecule has 1 saturated carbocycles. The molecular weight excluding hydrogens is 620 g/mol. The Kier molecular flexibility index (Phi) is 6.89. The maximum Gasteiger partial charge on any atom is 0.386 e. The molecule has 21 heteroatoms. The van der Waals surface area contributed by atoms with Gasteiger partial charge in [-0.15, -0.1) is 0 Å². The predicted molar refractivity (Wildman–Crippen MR) is 148 cm³/mol. The lowest BCUT2D eigenvalue weighted by atomic mass is 9.89. The van der Waals surface area contributed by atoms with Crippen LogP contribution in [0.25, 0.3) is 11.2 Å². The molecule has 6 aliphatic rings. The van der Waals surface area contributed by atoms with Gasteiger partial charge in [-0.25, -0.2) is 19.5 Å². The van der Waals surface area contributed by atoms with Crippen LogP contribution in [0.15, 0.2) is 22.5 Å². The molecule has 8 rings (SSSR count). The van der Waals surface area contributed by atoms with Crippen LogP contribution in [0.2, 0.25) is 0 Å². The van der Waals surface area contributed by atoms with Gasteiger partial charge in [0.15, 0.2) is 23.8 Å². The zero-order valence-electron chi connectivity index (χ0n) is 20.9. The van der Waals surface area contributed by atoms with Crippen LogP contribution in [0, 0.1) is 5.41 Å². The number of nitrogens with zero attached hydrogens (tertiary/aromatic N) is 7. The second-order valence-corrected chi connectivity index (χ2v) is 15.6. The highest BCUT2D eigenvalue weighted by Crippen LogP contribution is 2.57. The van der Waals surface area contributed by atoms with E-state index < -0.39 is 43.9 Å². The zero-order valence-corrected chi connectivity index (χ0v) is 24.4. The second kappa shape index (κ2) is 10.2. The average molecular weight is 644 g/mol. The number of nitrogens with one attached hydrogen (secondary N) is 2. The molecule has 1 amide bonds. The van der Waals surface area contributed by atoms with Crippen LogP contribution in [-0.2, 0) is 50.6 Å². The van der Waals surface area contributed by atoms with E-state index in [1.165, 1.54) is 17.6 Å². The highest BCUT2D eigenvalue weighted by atomic mass is 32.7. The van der Waals surface area contributed by atoms with E-state index in [1.807, 2.05) is 4.57 Å². The number of carbonyl (C=O) groups is 1. The molecule has 0 spiro atoms. The van der Waals surface area contributed by atoms with Gasteiger partial charge in [0.05, 0.1) is 31.4 Å². The van der Waals surface area contributed by atoms with Crippen LogP contribution in [0.1, 0.15) is 31.1 Å². The zero-order chi connectivity index (χ0) is 28.5. The first kappa shape index (κ1) is 27.6. The van der Waals surface area contributed by atoms with Gasteiger partial charge in [0.25, 0.3) is 5.91 Å². The Balaban J connectivity index is 1.20. The number of hydrogen-bond acceptors (Lipinski definition) is 14. The summed E-state index contributed by atoms with van der Waals surface area (Å²) in [4.78, 5) is 45.7. The lowest BCUT2D eigenvalue weighted by Crippen LogP contribution is -2.52. The van der Waals surface area contributed by atoms with Gasteiger partial charge in [-0.1, -0.05) is 12.2 Å². The Bertz CT molecular complexity index is 1600. The summed E-state index contributed by atoms with van der Waals surface area (Å²) in [6.07, 6.45) is 2.46. The number of rotatable bonds is 1. The van der Waals surface area contributed by atoms with Crippen molar-refractivity contribution in [2.75, 3.05) is 6.61 Å². The number of guanidine groups is 1. The largest absolute Gasteiger partial charge is 0.386 e. The van der Waals surface area contributed by atoms with E-state index in [2.05, 4.69) is 42.5 Å². The number of carbonyl (C=O) groups excluding carboxylic acids is 1. The fourth-order valence-electron chi connectivity index (χ4n) is 5.35. The number of hydrogen-bond donors (Lipinski definition) is 4. The van der Waals surface area contributed by atoms with Crippen molar-refractivity contribution in [3.8, 4) is 0 Å². The van der Waals surface area contributed by atoms with Crippen molar-refractivity contribution >= 4 is 72.8 Å². The summed E-state index contributed by atoms with van der Waals surface area (Å²) in [5.41, 5.74) is 1.09. The first-order chi connectivity index (χ1) is 19.6. The van der Waals surface area contributed by atoms with E-state index in [0.717, 1.165) is 0 Å². The van der Waals surface area contributed by atoms with Gasteiger partial charge >= 0.3 is 13.5 Å². The molecule has 0 radical (unpaired) electrons. The molecular formula is C20H23N9O8P2S2. The minimum absolute atomic E-state index is 0.0971. The van der Waals surface area contributed by atoms with Gasteiger partial charge in [0.2, 0.25) is 5.96 Å². The van der Waals surface area contributed by atoms with Crippen LogP contribution < -0.4 is 5.32 Å². The van der Waals surface area contributed by atoms with Gasteiger partial charge in [-0.2, -0.15) is 4.99 Å². The lowest BCUT2D eigenvalue weighted by Gasteiger charge is -2.38. The summed E-state index contributed by atoms with van der Waals surface area (Å²) in [5, 5.41) is 10.1. The number of ether oxygens (including phenoxy) is 1. The molecule has 17 nitrogen and oxygen atoms in total. The van der Waals surface area contributed by atoms with Crippen molar-refractivity contribution in [1.82, 2.24) is 29.7 Å². The molecule has 3 N–H and O–H groups in total. The minimum atomic E-state index is -4.03. The molecule has 218 valence electrons. The quantitative estimate of drug-likeness (QED) is 0.253. The van der Waals surface area contributed by atoms with E-state index in [0.29, 0.717) is 29.8 Å². The molecule has 7 heterocycles. The Morgan fingerprint density at radius 3 is 2.88 bits per heavy atom. The number of fused-ring (bicyclic) bond motifs is 8. The Morgan fingerprint density at radius 2 is 2.05 bits per heavy atom. The molecule has 0 aromatic carbocycles. The van der Waals surface area contributed by atoms with Crippen molar-refractivity contribution in [2.24, 2.45) is 9.98 Å². The average Bonchev–Trinajstić information content (AvgIpc) is 3.58. The van der Waals surface area contributed by atoms with Crippen molar-refractivity contribution in [2.45, 2.75) is 62.5 Å². The van der Waals surface area contributed by atoms with Gasteiger partial charge in [0, 0.05) is 12.5 Å². The molecule has 1 aliphatic carbocycles. The number of imidazole rings is 1. The standard InChI is InChI=1S/C20H23N9O8P2S2/c21-20-26-17-15(18(30)27-20)24-8-28(17)19-13-3-11(35-19)5-33-38(31,40)36-10-1-9(2-10)29-14(6-34-39(32,41)37-13)25-12-4-22-7-23-16(12)29/h4,7-11,13,15,19H,1-3,5-6H2,(H,31,40)(H,32,41)(H2,21,27,30)/t9?,10?,11-,13+,15?,19+,38?,39?/m0/s1. The number of aliphatic imine (C=N–C) groups is 2. The second-order valence-electron chi connectivity index (χ2n) is 9.90. The normalized spacial score (nSPS) is 39.2. The van der Waals surface area contributed by atoms with Gasteiger partial charge < -0.3 is 23.2 Å². The number of aromatic nitrogens is 4. The summed E-state index contributed by atoms with van der Waals surface area (Å²) in [7, 11) is 0. The third-order valence-electron chi connectivity index (χ3n) is 7.18. The molecule has 2 aromatic rings. The molecule has 41 heavy (non-hydrogen) atoms. The third kappa shape index (κ3) is 5.29. The molecule has 6 atom stereocenters. The molecule has 3 unspecified atom stereocenters. The van der Waals surface area contributed by atoms with Crippen molar-refractivity contribution in [3.63, 3.8) is 0 Å². The molecule has 4 bridgehead atoms. The molecule has 5 aliphatic heterocycles. The van der Waals surface area contributed by atoms with Gasteiger partial charge in [0.1, 0.15) is 30.4 Å². The Hall–Kier alpha value is -2.18. The van der Waals surface area contributed by atoms with E-state index >= 15 is 0 Å². The Morgan fingerprint density at radius 1 is 1.22 bits per heavy atom. The van der Waals surface area contributed by atoms with Gasteiger partial charge in [-0.3, -0.25) is 34.5 Å². The van der Waals surface area contributed by atoms with E-state index in [4.69, 9.17) is 40.0 Å². The van der Waals surface area contributed by atoms with E-state index in [-0.39, 0.29) is 43.6 Å². The monoisotopic (exact) mass is 643 g/mol. The van der Waals surface area contributed by atoms with Crippen molar-refractivity contribution in [3.05, 3.63) is 18.3 Å². The van der Waals surface area contributed by atoms with E-state index in [1.54, 1.807) is 6.20 Å². The van der Waals surface area contributed by atoms with Crippen molar-refractivity contribution in [1.29, 1.82) is 5.41 Å². The first-order valence-corrected chi connectivity index (χ1v) is 17.8. The Labute approximate surface area is 242 Å². The first-order valence-electron chi connectivity index (χ1n) is 12.5. The topological polar surface area (TPSA) is 208 Å². The SMILES string of the molecule is N=C1N=C2C(N=CN2[C@@H]2O[C@@H]3COP(O)(=S)OC4CC(C4)n4c(nc5cncnc54)COP(=O)(S)O[C@@H]2C3)C(=O)N1. The number of amides is 1. The van der Waals surface area contributed by atoms with Crippen LogP contribution in [-0.4, -0.2) is 90.5 Å². The third-order valence-corrected chi connectivity index (χ3v) is 10.4. The lowest BCUT2D eigenvalue weighted by molar-refractivity contribution is -0.119. The molecule has 2 aromatic heterocycles. The van der Waals surface area contributed by atoms with Gasteiger partial charge in [-0.05, 0) is 24.6 Å². The summed E-state index contributed by atoms with van der Waals surface area (Å²) >= 11 is 9.49. The summed E-state index contributed by atoms with van der Waals surface area (Å²) < 4.78 is 44.5. The highest BCUT2D eigenvalue weighted by molar-refractivity contribution is 8.44. The van der Waals surface area contributed by atoms with Crippen LogP contribution in [0.4, 0.5) is 0 Å². The number of amidine groups is 1. The number of thiol groups is 1. The minimum Gasteiger partial charge on any atom is -0.349 e. The summed E-state index contributed by atoms with van der Waals surface area (Å²) in [6.45, 7) is -8.03. The van der Waals surface area contributed by atoms with E-state index in [9.17, 15) is 14.3 Å². The van der Waals surface area contributed by atoms with Crippen LogP contribution >= 0.6 is 25.8 Å². The smallest absolute Gasteiger partial charge is 0.349 e. The van der Waals surface area contributed by atoms with Crippen LogP contribution in [0.3, 0.4) is 0 Å². The highest BCUT2D eigenvalue weighted by Gasteiger charge is 2.49. The summed E-state index contributed by atoms with van der Waals surface area (Å²) in [6, 6.07) is -1.08. The molecule has 1 saturated heterocycles. The van der Waals surface area contributed by atoms with Crippen LogP contribution in [0.5, 0.6) is 0 Å². The maximum atomic E-state index is 13.5. The fourth-order valence-corrected chi connectivity index (χ4v) is 8.27.